The van der Waals surface area contributed by atoms with Crippen LogP contribution in [0.2, 0.25) is 0 Å². The Bertz CT molecular complexity index is 980. The maximum Gasteiger partial charge on any atom is 0.165 e. The van der Waals surface area contributed by atoms with Crippen molar-refractivity contribution >= 4 is 11.5 Å². The summed E-state index contributed by atoms with van der Waals surface area (Å²) in [6.07, 6.45) is 6.30. The zero-order chi connectivity index (χ0) is 21.5. The average molecular weight is 414 g/mol. The van der Waals surface area contributed by atoms with E-state index in [4.69, 9.17) is 4.74 Å². The molecule has 1 saturated carbocycles. The Morgan fingerprint density at radius 2 is 1.48 bits per heavy atom. The number of rotatable bonds is 8. The molecule has 0 amide bonds. The van der Waals surface area contributed by atoms with Crippen LogP contribution in [0.15, 0.2) is 84.9 Å². The molecule has 3 aromatic rings. The lowest BCUT2D eigenvalue weighted by Gasteiger charge is -2.44. The van der Waals surface area contributed by atoms with Crippen LogP contribution in [-0.2, 0) is 5.54 Å². The molecule has 3 heteroatoms. The van der Waals surface area contributed by atoms with Crippen LogP contribution in [0.1, 0.15) is 54.4 Å². The number of hydrogen-bond acceptors (Lipinski definition) is 3. The summed E-state index contributed by atoms with van der Waals surface area (Å²) in [4.78, 5) is 13.5. The van der Waals surface area contributed by atoms with Crippen LogP contribution < -0.4 is 10.1 Å². The molecule has 0 radical (unpaired) electrons. The van der Waals surface area contributed by atoms with Crippen LogP contribution in [0, 0.1) is 5.92 Å². The second-order valence-corrected chi connectivity index (χ2v) is 8.46. The fourth-order valence-electron chi connectivity index (χ4n) is 5.00. The summed E-state index contributed by atoms with van der Waals surface area (Å²) in [5.74, 6) is 1.32. The normalized spacial score (nSPS) is 16.3. The Morgan fingerprint density at radius 1 is 0.871 bits per heavy atom. The van der Waals surface area contributed by atoms with Crippen molar-refractivity contribution in [1.29, 1.82) is 0 Å². The number of methoxy groups -OCH3 is 1. The molecule has 1 unspecified atom stereocenters. The lowest BCUT2D eigenvalue weighted by Crippen LogP contribution is -2.45. The number of Topliss-reactive ketones (excluding diaryl/α,β-unsaturated/α-hetero) is 1. The van der Waals surface area contributed by atoms with Gasteiger partial charge in [0, 0.05) is 12.0 Å². The molecule has 0 bridgehead atoms. The van der Waals surface area contributed by atoms with E-state index in [9.17, 15) is 4.79 Å². The highest BCUT2D eigenvalue weighted by Gasteiger charge is 2.43. The molecule has 1 aliphatic rings. The van der Waals surface area contributed by atoms with E-state index in [0.29, 0.717) is 12.3 Å². The quantitative estimate of drug-likeness (QED) is 0.410. The Labute approximate surface area is 185 Å². The molecule has 0 saturated heterocycles. The van der Waals surface area contributed by atoms with Gasteiger partial charge < -0.3 is 10.1 Å². The summed E-state index contributed by atoms with van der Waals surface area (Å²) < 4.78 is 5.66. The van der Waals surface area contributed by atoms with Crippen LogP contribution in [0.4, 0.5) is 5.69 Å². The van der Waals surface area contributed by atoms with E-state index < -0.39 is 5.54 Å². The number of carbonyl (C=O) groups excluding carboxylic acids is 1. The molecule has 3 nitrogen and oxygen atoms in total. The number of anilines is 1. The third-order valence-corrected chi connectivity index (χ3v) is 6.59. The molecule has 3 aromatic carbocycles. The van der Waals surface area contributed by atoms with Crippen LogP contribution >= 0.6 is 0 Å². The third-order valence-electron chi connectivity index (χ3n) is 6.59. The molecule has 31 heavy (non-hydrogen) atoms. The predicted octanol–water partition coefficient (Wildman–Crippen LogP) is 6.86. The minimum absolute atomic E-state index is 0.164. The van der Waals surface area contributed by atoms with Crippen molar-refractivity contribution < 1.29 is 9.53 Å². The molecule has 160 valence electrons. The number of para-hydroxylation sites is 2. The maximum atomic E-state index is 13.5. The minimum Gasteiger partial charge on any atom is -0.495 e. The first-order valence-corrected chi connectivity index (χ1v) is 11.3. The van der Waals surface area contributed by atoms with Crippen molar-refractivity contribution in [3.63, 3.8) is 0 Å². The van der Waals surface area contributed by atoms with E-state index >= 15 is 0 Å². The fraction of sp³-hybridized carbons (Fsp3) is 0.321. The molecule has 1 fully saturated rings. The van der Waals surface area contributed by atoms with Gasteiger partial charge in [0.25, 0.3) is 0 Å². The molecule has 0 aromatic heterocycles. The smallest absolute Gasteiger partial charge is 0.165 e. The van der Waals surface area contributed by atoms with Crippen LogP contribution in [0.5, 0.6) is 5.75 Å². The Morgan fingerprint density at radius 3 is 2.16 bits per heavy atom. The topological polar surface area (TPSA) is 38.3 Å². The molecule has 0 spiro atoms. The highest BCUT2D eigenvalue weighted by atomic mass is 16.5. The van der Waals surface area contributed by atoms with Crippen molar-refractivity contribution in [1.82, 2.24) is 0 Å². The van der Waals surface area contributed by atoms with Gasteiger partial charge in [-0.25, -0.2) is 0 Å². The molecule has 0 heterocycles. The second kappa shape index (κ2) is 9.82. The minimum atomic E-state index is -0.497. The van der Waals surface area contributed by atoms with Gasteiger partial charge in [0.1, 0.15) is 5.75 Å². The molecule has 1 atom stereocenters. The van der Waals surface area contributed by atoms with Crippen LogP contribution in [0.3, 0.4) is 0 Å². The van der Waals surface area contributed by atoms with Gasteiger partial charge in [-0.15, -0.1) is 0 Å². The highest BCUT2D eigenvalue weighted by Crippen LogP contribution is 2.46. The molecule has 0 aliphatic heterocycles. The Kier molecular flexibility index (Phi) is 6.71. The maximum absolute atomic E-state index is 13.5. The molecular formula is C28H31NO2. The van der Waals surface area contributed by atoms with Gasteiger partial charge in [0.15, 0.2) is 5.78 Å². The van der Waals surface area contributed by atoms with E-state index in [1.165, 1.54) is 19.3 Å². The van der Waals surface area contributed by atoms with Crippen molar-refractivity contribution in [2.75, 3.05) is 12.4 Å². The van der Waals surface area contributed by atoms with Gasteiger partial charge in [0.05, 0.1) is 18.3 Å². The first kappa shape index (κ1) is 21.2. The number of ether oxygens (including phenoxy) is 1. The standard InChI is InChI=1S/C28H31NO2/c1-31-27-20-12-11-19-25(27)29-28(23-15-7-3-8-16-23,24-17-9-4-10-18-24)21-26(30)22-13-5-2-6-14-22/h2-3,5-8,11-16,19-20,24,29H,4,9-10,17-18,21H2,1H3. The fourth-order valence-corrected chi connectivity index (χ4v) is 5.00. The Balaban J connectivity index is 1.82. The molecule has 1 N–H and O–H groups in total. The summed E-state index contributed by atoms with van der Waals surface area (Å²) in [7, 11) is 1.69. The van der Waals surface area contributed by atoms with E-state index in [2.05, 4.69) is 29.6 Å². The van der Waals surface area contributed by atoms with Crippen molar-refractivity contribution in [2.24, 2.45) is 5.92 Å². The van der Waals surface area contributed by atoms with Gasteiger partial charge in [-0.3, -0.25) is 4.79 Å². The van der Waals surface area contributed by atoms with E-state index in [1.807, 2.05) is 60.7 Å². The third kappa shape index (κ3) is 4.66. The zero-order valence-electron chi connectivity index (χ0n) is 18.2. The largest absolute Gasteiger partial charge is 0.495 e. The second-order valence-electron chi connectivity index (χ2n) is 8.46. The first-order valence-electron chi connectivity index (χ1n) is 11.3. The number of nitrogens with one attached hydrogen (secondary N) is 1. The lowest BCUT2D eigenvalue weighted by atomic mass is 9.68. The van der Waals surface area contributed by atoms with Gasteiger partial charge >= 0.3 is 0 Å². The Hall–Kier alpha value is -3.07. The van der Waals surface area contributed by atoms with Gasteiger partial charge in [-0.1, -0.05) is 92.1 Å². The summed E-state index contributed by atoms with van der Waals surface area (Å²) in [5.41, 5.74) is 2.36. The monoisotopic (exact) mass is 413 g/mol. The number of hydrogen-bond donors (Lipinski definition) is 1. The molecule has 1 aliphatic carbocycles. The number of carbonyl (C=O) groups is 1. The van der Waals surface area contributed by atoms with E-state index in [1.54, 1.807) is 7.11 Å². The highest BCUT2D eigenvalue weighted by molar-refractivity contribution is 5.97. The number of ketones is 1. The zero-order valence-corrected chi connectivity index (χ0v) is 18.2. The van der Waals surface area contributed by atoms with E-state index in [0.717, 1.165) is 35.4 Å². The lowest BCUT2D eigenvalue weighted by molar-refractivity contribution is 0.0917. The van der Waals surface area contributed by atoms with E-state index in [-0.39, 0.29) is 5.78 Å². The average Bonchev–Trinajstić information content (AvgIpc) is 2.85. The van der Waals surface area contributed by atoms with Crippen molar-refractivity contribution in [3.8, 4) is 5.75 Å². The van der Waals surface area contributed by atoms with Crippen molar-refractivity contribution in [2.45, 2.75) is 44.1 Å². The van der Waals surface area contributed by atoms with Crippen molar-refractivity contribution in [3.05, 3.63) is 96.1 Å². The van der Waals surface area contributed by atoms with Gasteiger partial charge in [-0.05, 0) is 36.5 Å². The summed E-state index contributed by atoms with van der Waals surface area (Å²) in [5, 5.41) is 3.85. The first-order chi connectivity index (χ1) is 15.2. The SMILES string of the molecule is COc1ccccc1NC(CC(=O)c1ccccc1)(c1ccccc1)C1CCCCC1. The van der Waals surface area contributed by atoms with Crippen LogP contribution in [-0.4, -0.2) is 12.9 Å². The summed E-state index contributed by atoms with van der Waals surface area (Å²) in [6.45, 7) is 0. The van der Waals surface area contributed by atoms with Crippen LogP contribution in [0.25, 0.3) is 0 Å². The summed E-state index contributed by atoms with van der Waals surface area (Å²) in [6, 6.07) is 28.2. The summed E-state index contributed by atoms with van der Waals surface area (Å²) >= 11 is 0. The molecule has 4 rings (SSSR count). The number of benzene rings is 3. The van der Waals surface area contributed by atoms with Gasteiger partial charge in [-0.2, -0.15) is 0 Å². The molecular weight excluding hydrogens is 382 g/mol. The predicted molar refractivity (Wildman–Crippen MR) is 127 cm³/mol. The van der Waals surface area contributed by atoms with Gasteiger partial charge in [0.2, 0.25) is 0 Å².